The number of rotatable bonds is 7. The lowest BCUT2D eigenvalue weighted by Crippen LogP contribution is -2.25. The van der Waals surface area contributed by atoms with E-state index in [9.17, 15) is 12.8 Å². The van der Waals surface area contributed by atoms with Crippen LogP contribution in [0.5, 0.6) is 5.75 Å². The molecule has 1 heterocycles. The molecule has 21 heavy (non-hydrogen) atoms. The van der Waals surface area contributed by atoms with Gasteiger partial charge in [-0.3, -0.25) is 0 Å². The predicted molar refractivity (Wildman–Crippen MR) is 73.0 cm³/mol. The minimum Gasteiger partial charge on any atom is -0.494 e. The van der Waals surface area contributed by atoms with Crippen LogP contribution in [-0.4, -0.2) is 27.2 Å². The maximum atomic E-state index is 13.5. The van der Waals surface area contributed by atoms with Crippen LogP contribution in [0.2, 0.25) is 0 Å². The highest BCUT2D eigenvalue weighted by Crippen LogP contribution is 2.20. The Bertz CT molecular complexity index is 686. The van der Waals surface area contributed by atoms with E-state index in [0.29, 0.717) is 12.8 Å². The van der Waals surface area contributed by atoms with Crippen molar-refractivity contribution in [2.75, 3.05) is 13.7 Å². The lowest BCUT2D eigenvalue weighted by atomic mass is 10.2. The Morgan fingerprint density at radius 3 is 2.86 bits per heavy atom. The van der Waals surface area contributed by atoms with Gasteiger partial charge in [-0.15, -0.1) is 0 Å². The topological polar surface area (TPSA) is 81.4 Å². The van der Waals surface area contributed by atoms with Crippen molar-refractivity contribution in [1.29, 1.82) is 0 Å². The molecule has 0 fully saturated rings. The number of hydrogen-bond donors (Lipinski definition) is 1. The van der Waals surface area contributed by atoms with E-state index >= 15 is 0 Å². The summed E-state index contributed by atoms with van der Waals surface area (Å²) in [6.07, 6.45) is 4.31. The fourth-order valence-electron chi connectivity index (χ4n) is 1.75. The van der Waals surface area contributed by atoms with Gasteiger partial charge in [0.25, 0.3) is 0 Å². The third kappa shape index (κ3) is 4.02. The summed E-state index contributed by atoms with van der Waals surface area (Å²) >= 11 is 0. The molecule has 8 heteroatoms. The highest BCUT2D eigenvalue weighted by atomic mass is 32.2. The van der Waals surface area contributed by atoms with Crippen LogP contribution in [0, 0.1) is 5.82 Å². The van der Waals surface area contributed by atoms with Crippen molar-refractivity contribution in [1.82, 2.24) is 9.88 Å². The molecule has 0 radical (unpaired) electrons. The maximum absolute atomic E-state index is 13.5. The van der Waals surface area contributed by atoms with Crippen molar-refractivity contribution < 1.29 is 22.1 Å². The first kappa shape index (κ1) is 15.5. The number of aromatic nitrogens is 1. The average Bonchev–Trinajstić information content (AvgIpc) is 2.97. The molecule has 0 saturated carbocycles. The van der Waals surface area contributed by atoms with Gasteiger partial charge in [0.15, 0.2) is 11.6 Å². The molecule has 1 N–H and O–H groups in total. The smallest absolute Gasteiger partial charge is 0.240 e. The van der Waals surface area contributed by atoms with Crippen LogP contribution in [0.25, 0.3) is 0 Å². The van der Waals surface area contributed by atoms with Crippen LogP contribution in [0.3, 0.4) is 0 Å². The number of halogens is 1. The Labute approximate surface area is 122 Å². The molecule has 0 aliphatic heterocycles. The van der Waals surface area contributed by atoms with E-state index in [1.165, 1.54) is 25.5 Å². The van der Waals surface area contributed by atoms with Crippen LogP contribution < -0.4 is 9.46 Å². The number of ether oxygens (including phenoxy) is 1. The molecule has 0 atom stereocenters. The first-order valence-corrected chi connectivity index (χ1v) is 7.73. The molecule has 0 saturated heterocycles. The third-order valence-electron chi connectivity index (χ3n) is 2.85. The Kier molecular flexibility index (Phi) is 4.92. The van der Waals surface area contributed by atoms with Gasteiger partial charge in [-0.05, 0) is 31.0 Å². The van der Waals surface area contributed by atoms with Gasteiger partial charge in [0.2, 0.25) is 10.0 Å². The SMILES string of the molecule is COc1ccc(S(=O)(=O)NCCCc2cnoc2)cc1F. The lowest BCUT2D eigenvalue weighted by Gasteiger charge is -2.08. The summed E-state index contributed by atoms with van der Waals surface area (Å²) in [7, 11) is -2.42. The summed E-state index contributed by atoms with van der Waals surface area (Å²) in [5.74, 6) is -0.716. The van der Waals surface area contributed by atoms with E-state index < -0.39 is 15.8 Å². The van der Waals surface area contributed by atoms with Crippen LogP contribution >= 0.6 is 0 Å². The lowest BCUT2D eigenvalue weighted by molar-refractivity contribution is 0.385. The standard InChI is InChI=1S/C13H15FN2O4S/c1-19-13-5-4-11(7-12(13)14)21(17,18)16-6-2-3-10-8-15-20-9-10/h4-5,7-9,16H,2-3,6H2,1H3. The maximum Gasteiger partial charge on any atom is 0.240 e. The molecule has 6 nitrogen and oxygen atoms in total. The number of nitrogens with zero attached hydrogens (tertiary/aromatic N) is 1. The van der Waals surface area contributed by atoms with E-state index in [4.69, 9.17) is 4.74 Å². The summed E-state index contributed by atoms with van der Waals surface area (Å²) in [5.41, 5.74) is 0.893. The molecular formula is C13H15FN2O4S. The molecule has 0 bridgehead atoms. The third-order valence-corrected chi connectivity index (χ3v) is 4.31. The summed E-state index contributed by atoms with van der Waals surface area (Å²) in [6.45, 7) is 0.237. The minimum atomic E-state index is -3.73. The van der Waals surface area contributed by atoms with E-state index in [-0.39, 0.29) is 17.2 Å². The molecule has 0 amide bonds. The highest BCUT2D eigenvalue weighted by Gasteiger charge is 2.16. The zero-order valence-electron chi connectivity index (χ0n) is 11.4. The van der Waals surface area contributed by atoms with Crippen LogP contribution in [0.1, 0.15) is 12.0 Å². The average molecular weight is 314 g/mol. The molecule has 0 aliphatic carbocycles. The molecular weight excluding hydrogens is 299 g/mol. The van der Waals surface area contributed by atoms with E-state index in [2.05, 4.69) is 14.4 Å². The summed E-state index contributed by atoms with van der Waals surface area (Å²) < 4.78 is 49.4. The van der Waals surface area contributed by atoms with Crippen LogP contribution in [0.4, 0.5) is 4.39 Å². The van der Waals surface area contributed by atoms with Gasteiger partial charge < -0.3 is 9.26 Å². The van der Waals surface area contributed by atoms with Crippen molar-refractivity contribution in [3.05, 3.63) is 42.0 Å². The molecule has 0 spiro atoms. The number of methoxy groups -OCH3 is 1. The molecule has 2 aromatic rings. The highest BCUT2D eigenvalue weighted by molar-refractivity contribution is 7.89. The van der Waals surface area contributed by atoms with Gasteiger partial charge in [-0.2, -0.15) is 0 Å². The zero-order valence-corrected chi connectivity index (χ0v) is 12.2. The first-order valence-electron chi connectivity index (χ1n) is 6.24. The predicted octanol–water partition coefficient (Wildman–Crippen LogP) is 1.73. The summed E-state index contributed by atoms with van der Waals surface area (Å²) in [6, 6.07) is 3.51. The zero-order chi connectivity index (χ0) is 15.3. The van der Waals surface area contributed by atoms with Gasteiger partial charge in [0.1, 0.15) is 6.26 Å². The van der Waals surface area contributed by atoms with Crippen molar-refractivity contribution in [3.8, 4) is 5.75 Å². The fraction of sp³-hybridized carbons (Fsp3) is 0.308. The second-order valence-electron chi connectivity index (χ2n) is 4.33. The summed E-state index contributed by atoms with van der Waals surface area (Å²) in [5, 5.41) is 3.56. The Balaban J connectivity index is 1.93. The normalized spacial score (nSPS) is 11.5. The monoisotopic (exact) mass is 314 g/mol. The minimum absolute atomic E-state index is 0.00130. The number of aryl methyl sites for hydroxylation is 1. The van der Waals surface area contributed by atoms with Crippen molar-refractivity contribution in [3.63, 3.8) is 0 Å². The van der Waals surface area contributed by atoms with Gasteiger partial charge in [0.05, 0.1) is 18.2 Å². The number of sulfonamides is 1. The van der Waals surface area contributed by atoms with Crippen LogP contribution in [-0.2, 0) is 16.4 Å². The van der Waals surface area contributed by atoms with Crippen LogP contribution in [0.15, 0.2) is 40.1 Å². The molecule has 1 aromatic heterocycles. The van der Waals surface area contributed by atoms with E-state index in [1.54, 1.807) is 6.20 Å². The van der Waals surface area contributed by atoms with Gasteiger partial charge in [0, 0.05) is 12.1 Å². The van der Waals surface area contributed by atoms with E-state index in [1.807, 2.05) is 0 Å². The Morgan fingerprint density at radius 2 is 2.24 bits per heavy atom. The molecule has 2 rings (SSSR count). The Hall–Kier alpha value is -1.93. The van der Waals surface area contributed by atoms with E-state index in [0.717, 1.165) is 11.6 Å². The largest absolute Gasteiger partial charge is 0.494 e. The molecule has 1 aromatic carbocycles. The number of nitrogens with one attached hydrogen (secondary N) is 1. The summed E-state index contributed by atoms with van der Waals surface area (Å²) in [4.78, 5) is -0.134. The fourth-order valence-corrected chi connectivity index (χ4v) is 2.83. The molecule has 0 aliphatic rings. The first-order chi connectivity index (χ1) is 10.0. The van der Waals surface area contributed by atoms with Crippen molar-refractivity contribution in [2.24, 2.45) is 0 Å². The Morgan fingerprint density at radius 1 is 1.43 bits per heavy atom. The van der Waals surface area contributed by atoms with Crippen molar-refractivity contribution >= 4 is 10.0 Å². The van der Waals surface area contributed by atoms with Gasteiger partial charge >= 0.3 is 0 Å². The number of benzene rings is 1. The van der Waals surface area contributed by atoms with Crippen molar-refractivity contribution in [2.45, 2.75) is 17.7 Å². The molecule has 0 unspecified atom stereocenters. The molecule has 114 valence electrons. The number of hydrogen-bond acceptors (Lipinski definition) is 5. The second-order valence-corrected chi connectivity index (χ2v) is 6.10. The van der Waals surface area contributed by atoms with Gasteiger partial charge in [-0.1, -0.05) is 5.16 Å². The second kappa shape index (κ2) is 6.68. The quantitative estimate of drug-likeness (QED) is 0.787. The van der Waals surface area contributed by atoms with Gasteiger partial charge in [-0.25, -0.2) is 17.5 Å².